The Morgan fingerprint density at radius 2 is 1.90 bits per heavy atom. The lowest BCUT2D eigenvalue weighted by Gasteiger charge is -2.31. The number of aryl methyl sites for hydroxylation is 1. The molecule has 21 heavy (non-hydrogen) atoms. The molecule has 0 aliphatic heterocycles. The second-order valence-electron chi connectivity index (χ2n) is 6.09. The maximum Gasteiger partial charge on any atom is 0.302 e. The van der Waals surface area contributed by atoms with Crippen molar-refractivity contribution in [3.8, 4) is 0 Å². The van der Waals surface area contributed by atoms with Crippen LogP contribution in [0.2, 0.25) is 0 Å². The van der Waals surface area contributed by atoms with E-state index >= 15 is 0 Å². The number of carbonyl (C=O) groups excluding carboxylic acids is 1. The van der Waals surface area contributed by atoms with Crippen molar-refractivity contribution >= 4 is 5.97 Å². The van der Waals surface area contributed by atoms with Crippen molar-refractivity contribution in [2.24, 2.45) is 5.92 Å². The number of aliphatic hydroxyl groups is 1. The number of esters is 1. The number of aliphatic hydroxyl groups excluding tert-OH is 1. The van der Waals surface area contributed by atoms with Crippen molar-refractivity contribution < 1.29 is 14.6 Å². The van der Waals surface area contributed by atoms with Gasteiger partial charge >= 0.3 is 5.97 Å². The average molecular weight is 290 g/mol. The Morgan fingerprint density at radius 3 is 2.52 bits per heavy atom. The molecule has 1 aliphatic rings. The third kappa shape index (κ3) is 5.50. The van der Waals surface area contributed by atoms with Crippen LogP contribution < -0.4 is 0 Å². The maximum absolute atomic E-state index is 11.3. The van der Waals surface area contributed by atoms with E-state index in [0.29, 0.717) is 5.92 Å². The molecule has 116 valence electrons. The summed E-state index contributed by atoms with van der Waals surface area (Å²) in [6, 6.07) is 10.4. The monoisotopic (exact) mass is 290 g/mol. The molecule has 0 amide bonds. The van der Waals surface area contributed by atoms with Crippen LogP contribution in [0.25, 0.3) is 0 Å². The van der Waals surface area contributed by atoms with Gasteiger partial charge in [0.05, 0.1) is 6.10 Å². The third-order valence-electron chi connectivity index (χ3n) is 4.38. The largest absolute Gasteiger partial charge is 0.462 e. The van der Waals surface area contributed by atoms with Crippen molar-refractivity contribution in [2.45, 2.75) is 64.1 Å². The topological polar surface area (TPSA) is 46.5 Å². The highest BCUT2D eigenvalue weighted by molar-refractivity contribution is 5.66. The molecule has 3 heteroatoms. The van der Waals surface area contributed by atoms with Gasteiger partial charge in [-0.15, -0.1) is 0 Å². The van der Waals surface area contributed by atoms with Crippen LogP contribution in [0.3, 0.4) is 0 Å². The van der Waals surface area contributed by atoms with Crippen LogP contribution in [-0.4, -0.2) is 23.3 Å². The van der Waals surface area contributed by atoms with Crippen LogP contribution in [0.1, 0.15) is 51.0 Å². The summed E-state index contributed by atoms with van der Waals surface area (Å²) in [6.07, 6.45) is 6.41. The summed E-state index contributed by atoms with van der Waals surface area (Å²) in [7, 11) is 0. The Morgan fingerprint density at radius 1 is 1.24 bits per heavy atom. The van der Waals surface area contributed by atoms with E-state index in [1.165, 1.54) is 12.5 Å². The van der Waals surface area contributed by atoms with Gasteiger partial charge < -0.3 is 9.84 Å². The number of benzene rings is 1. The first-order valence-electron chi connectivity index (χ1n) is 8.04. The SMILES string of the molecule is CC(=O)O[C@@H](CCCc1ccccc1)C1CCC(O)CC1. The lowest BCUT2D eigenvalue weighted by molar-refractivity contribution is -0.150. The molecule has 0 radical (unpaired) electrons. The summed E-state index contributed by atoms with van der Waals surface area (Å²) in [5, 5.41) is 9.61. The van der Waals surface area contributed by atoms with E-state index in [9.17, 15) is 9.90 Å². The number of hydrogen-bond acceptors (Lipinski definition) is 3. The molecule has 0 heterocycles. The van der Waals surface area contributed by atoms with Gasteiger partial charge in [-0.1, -0.05) is 30.3 Å². The fraction of sp³-hybridized carbons (Fsp3) is 0.611. The van der Waals surface area contributed by atoms with E-state index in [2.05, 4.69) is 24.3 Å². The zero-order valence-electron chi connectivity index (χ0n) is 12.8. The molecule has 1 atom stereocenters. The van der Waals surface area contributed by atoms with Gasteiger partial charge in [0.15, 0.2) is 0 Å². The molecule has 0 spiro atoms. The van der Waals surface area contributed by atoms with Crippen molar-refractivity contribution in [2.75, 3.05) is 0 Å². The number of hydrogen-bond donors (Lipinski definition) is 1. The minimum atomic E-state index is -0.189. The molecular formula is C18H26O3. The molecular weight excluding hydrogens is 264 g/mol. The van der Waals surface area contributed by atoms with Gasteiger partial charge in [0.2, 0.25) is 0 Å². The second kappa shape index (κ2) is 8.18. The third-order valence-corrected chi connectivity index (χ3v) is 4.38. The highest BCUT2D eigenvalue weighted by Crippen LogP contribution is 2.30. The highest BCUT2D eigenvalue weighted by atomic mass is 16.5. The zero-order chi connectivity index (χ0) is 15.1. The van der Waals surface area contributed by atoms with Gasteiger partial charge in [-0.2, -0.15) is 0 Å². The quantitative estimate of drug-likeness (QED) is 0.816. The lowest BCUT2D eigenvalue weighted by atomic mass is 9.82. The van der Waals surface area contributed by atoms with Gasteiger partial charge in [0, 0.05) is 6.92 Å². The predicted octanol–water partition coefficient (Wildman–Crippen LogP) is 3.49. The first-order valence-corrected chi connectivity index (χ1v) is 8.04. The molecule has 1 aromatic carbocycles. The Labute approximate surface area is 127 Å². The standard InChI is InChI=1S/C18H26O3/c1-14(19)21-18(16-10-12-17(20)13-11-16)9-5-8-15-6-3-2-4-7-15/h2-4,6-7,16-18,20H,5,8-13H2,1H3/t16?,17?,18-/m0/s1. The smallest absolute Gasteiger partial charge is 0.302 e. The first kappa shape index (κ1) is 16.0. The summed E-state index contributed by atoms with van der Waals surface area (Å²) in [5.41, 5.74) is 1.33. The highest BCUT2D eigenvalue weighted by Gasteiger charge is 2.28. The summed E-state index contributed by atoms with van der Waals surface area (Å²) in [6.45, 7) is 1.49. The van der Waals surface area contributed by atoms with E-state index in [1.807, 2.05) is 6.07 Å². The second-order valence-corrected chi connectivity index (χ2v) is 6.09. The van der Waals surface area contributed by atoms with Crippen LogP contribution in [0.4, 0.5) is 0 Å². The molecule has 2 rings (SSSR count). The minimum Gasteiger partial charge on any atom is -0.462 e. The molecule has 1 aromatic rings. The lowest BCUT2D eigenvalue weighted by Crippen LogP contribution is -2.31. The summed E-state index contributed by atoms with van der Waals surface area (Å²) in [4.78, 5) is 11.3. The average Bonchev–Trinajstić information content (AvgIpc) is 2.48. The predicted molar refractivity (Wildman–Crippen MR) is 82.9 cm³/mol. The summed E-state index contributed by atoms with van der Waals surface area (Å²) >= 11 is 0. The van der Waals surface area contributed by atoms with Gasteiger partial charge in [0.25, 0.3) is 0 Å². The van der Waals surface area contributed by atoms with Gasteiger partial charge in [-0.05, 0) is 56.4 Å². The van der Waals surface area contributed by atoms with Crippen LogP contribution in [0.5, 0.6) is 0 Å². The van der Waals surface area contributed by atoms with E-state index in [0.717, 1.165) is 44.9 Å². The van der Waals surface area contributed by atoms with E-state index in [1.54, 1.807) is 0 Å². The van der Waals surface area contributed by atoms with Crippen LogP contribution in [0.15, 0.2) is 30.3 Å². The summed E-state index contributed by atoms with van der Waals surface area (Å²) < 4.78 is 5.54. The van der Waals surface area contributed by atoms with E-state index in [4.69, 9.17) is 4.74 Å². The Bertz CT molecular complexity index is 421. The Balaban J connectivity index is 1.83. The first-order chi connectivity index (χ1) is 10.1. The van der Waals surface area contributed by atoms with Gasteiger partial charge in [-0.25, -0.2) is 0 Å². The van der Waals surface area contributed by atoms with Gasteiger partial charge in [-0.3, -0.25) is 4.79 Å². The maximum atomic E-state index is 11.3. The molecule has 0 bridgehead atoms. The molecule has 0 unspecified atom stereocenters. The van der Waals surface area contributed by atoms with Crippen LogP contribution in [-0.2, 0) is 16.0 Å². The normalized spacial score (nSPS) is 23.5. The molecule has 1 saturated carbocycles. The molecule has 0 saturated heterocycles. The van der Waals surface area contributed by atoms with Crippen molar-refractivity contribution in [1.29, 1.82) is 0 Å². The molecule has 0 aromatic heterocycles. The molecule has 1 aliphatic carbocycles. The molecule has 3 nitrogen and oxygen atoms in total. The Hall–Kier alpha value is -1.35. The van der Waals surface area contributed by atoms with E-state index < -0.39 is 0 Å². The van der Waals surface area contributed by atoms with Gasteiger partial charge in [0.1, 0.15) is 6.10 Å². The Kier molecular flexibility index (Phi) is 6.24. The minimum absolute atomic E-state index is 0.0127. The van der Waals surface area contributed by atoms with Crippen LogP contribution >= 0.6 is 0 Å². The summed E-state index contributed by atoms with van der Waals surface area (Å²) in [5.74, 6) is 0.221. The van der Waals surface area contributed by atoms with Crippen molar-refractivity contribution in [1.82, 2.24) is 0 Å². The van der Waals surface area contributed by atoms with Crippen molar-refractivity contribution in [3.63, 3.8) is 0 Å². The van der Waals surface area contributed by atoms with E-state index in [-0.39, 0.29) is 18.2 Å². The van der Waals surface area contributed by atoms with Crippen molar-refractivity contribution in [3.05, 3.63) is 35.9 Å². The fourth-order valence-corrected chi connectivity index (χ4v) is 3.23. The number of carbonyl (C=O) groups is 1. The fourth-order valence-electron chi connectivity index (χ4n) is 3.23. The number of ether oxygens (including phenoxy) is 1. The molecule has 1 fully saturated rings. The molecule has 1 N–H and O–H groups in total. The van der Waals surface area contributed by atoms with Crippen LogP contribution in [0, 0.1) is 5.92 Å². The zero-order valence-corrected chi connectivity index (χ0v) is 12.8. The number of rotatable bonds is 6.